The molecule has 0 bridgehead atoms. The van der Waals surface area contributed by atoms with Crippen molar-refractivity contribution in [2.45, 2.75) is 13.0 Å². The second-order valence-corrected chi connectivity index (χ2v) is 4.57. The number of hydrogen-bond acceptors (Lipinski definition) is 7. The van der Waals surface area contributed by atoms with Crippen molar-refractivity contribution < 1.29 is 18.9 Å². The number of aromatic nitrogens is 2. The molecule has 0 aliphatic carbocycles. The van der Waals surface area contributed by atoms with E-state index in [0.717, 1.165) is 10.9 Å². The van der Waals surface area contributed by atoms with E-state index in [1.165, 1.54) is 26.5 Å². The first-order valence-electron chi connectivity index (χ1n) is 6.83. The van der Waals surface area contributed by atoms with Crippen molar-refractivity contribution >= 4 is 23.9 Å². The van der Waals surface area contributed by atoms with Crippen LogP contribution in [0.15, 0.2) is 40.2 Å². The molecule has 24 heavy (non-hydrogen) atoms. The first-order chi connectivity index (χ1) is 11.5. The van der Waals surface area contributed by atoms with Gasteiger partial charge in [-0.25, -0.2) is 10.1 Å². The number of rotatable bonds is 7. The normalized spacial score (nSPS) is 12.6. The zero-order chi connectivity index (χ0) is 17.5. The van der Waals surface area contributed by atoms with E-state index in [0.29, 0.717) is 5.76 Å². The van der Waals surface area contributed by atoms with Crippen LogP contribution in [0.1, 0.15) is 18.7 Å². The minimum Gasteiger partial charge on any atom is -0.475 e. The van der Waals surface area contributed by atoms with Gasteiger partial charge in [-0.2, -0.15) is 5.10 Å². The number of carbonyl (C=O) groups excluding carboxylic acids is 1. The molecule has 2 heterocycles. The van der Waals surface area contributed by atoms with Gasteiger partial charge >= 0.3 is 11.6 Å². The van der Waals surface area contributed by atoms with E-state index < -0.39 is 16.9 Å². The number of nitrogens with zero attached hydrogens (tertiary/aromatic N) is 4. The lowest BCUT2D eigenvalue weighted by atomic mass is 10.3. The molecule has 1 atom stereocenters. The first-order valence-corrected chi connectivity index (χ1v) is 6.83. The van der Waals surface area contributed by atoms with Gasteiger partial charge in [0.05, 0.1) is 18.3 Å². The van der Waals surface area contributed by atoms with Crippen LogP contribution in [-0.4, -0.2) is 33.9 Å². The standard InChI is InChI=1S/C14H15N5O5/c1-10(18-9-12(19(21)22)14(17-18)23-2)13(20)16-15-7-3-5-11-6-4-8-24-11/h3-10H,1-2H3,(H,16,20)/b5-3-,15-7?/t10-/m0/s1. The van der Waals surface area contributed by atoms with Crippen molar-refractivity contribution in [2.24, 2.45) is 5.10 Å². The maximum atomic E-state index is 12.0. The average Bonchev–Trinajstić information content (AvgIpc) is 3.22. The molecule has 0 aliphatic heterocycles. The summed E-state index contributed by atoms with van der Waals surface area (Å²) < 4.78 is 11.0. The van der Waals surface area contributed by atoms with Gasteiger partial charge in [-0.05, 0) is 31.2 Å². The van der Waals surface area contributed by atoms with Crippen LogP contribution in [0.3, 0.4) is 0 Å². The average molecular weight is 333 g/mol. The van der Waals surface area contributed by atoms with Gasteiger partial charge in [0.25, 0.3) is 5.91 Å². The maximum Gasteiger partial charge on any atom is 0.350 e. The van der Waals surface area contributed by atoms with Crippen LogP contribution >= 0.6 is 0 Å². The number of amides is 1. The molecule has 10 nitrogen and oxygen atoms in total. The van der Waals surface area contributed by atoms with Crippen LogP contribution in [0.2, 0.25) is 0 Å². The lowest BCUT2D eigenvalue weighted by Crippen LogP contribution is -2.27. The van der Waals surface area contributed by atoms with E-state index in [9.17, 15) is 14.9 Å². The Morgan fingerprint density at radius 2 is 2.42 bits per heavy atom. The van der Waals surface area contributed by atoms with E-state index in [2.05, 4.69) is 15.6 Å². The Bertz CT molecular complexity index is 763. The van der Waals surface area contributed by atoms with E-state index >= 15 is 0 Å². The predicted molar refractivity (Wildman–Crippen MR) is 84.5 cm³/mol. The number of carbonyl (C=O) groups is 1. The van der Waals surface area contributed by atoms with Crippen LogP contribution in [0.25, 0.3) is 6.08 Å². The van der Waals surface area contributed by atoms with Crippen LogP contribution < -0.4 is 10.2 Å². The molecule has 0 aromatic carbocycles. The van der Waals surface area contributed by atoms with Crippen LogP contribution in [0.4, 0.5) is 5.69 Å². The monoisotopic (exact) mass is 333 g/mol. The summed E-state index contributed by atoms with van der Waals surface area (Å²) in [6, 6.07) is 2.71. The number of ether oxygens (including phenoxy) is 1. The highest BCUT2D eigenvalue weighted by Crippen LogP contribution is 2.25. The van der Waals surface area contributed by atoms with Crippen molar-refractivity contribution in [3.8, 4) is 5.88 Å². The second-order valence-electron chi connectivity index (χ2n) is 4.57. The van der Waals surface area contributed by atoms with Gasteiger partial charge in [0.2, 0.25) is 0 Å². The Morgan fingerprint density at radius 1 is 1.62 bits per heavy atom. The molecular weight excluding hydrogens is 318 g/mol. The van der Waals surface area contributed by atoms with Crippen LogP contribution in [0.5, 0.6) is 5.88 Å². The Kier molecular flexibility index (Phi) is 5.45. The molecule has 126 valence electrons. The number of hydrogen-bond donors (Lipinski definition) is 1. The highest BCUT2D eigenvalue weighted by atomic mass is 16.6. The minimum absolute atomic E-state index is 0.162. The van der Waals surface area contributed by atoms with Gasteiger partial charge < -0.3 is 9.15 Å². The summed E-state index contributed by atoms with van der Waals surface area (Å²) in [5.41, 5.74) is 2.00. The molecular formula is C14H15N5O5. The van der Waals surface area contributed by atoms with E-state index in [1.54, 1.807) is 24.3 Å². The maximum absolute atomic E-state index is 12.0. The molecule has 10 heteroatoms. The molecule has 0 aliphatic rings. The summed E-state index contributed by atoms with van der Waals surface area (Å²) in [5.74, 6) is -0.000627. The summed E-state index contributed by atoms with van der Waals surface area (Å²) >= 11 is 0. The molecule has 0 saturated carbocycles. The highest BCUT2D eigenvalue weighted by molar-refractivity contribution is 5.82. The number of hydrazone groups is 1. The number of nitro groups is 1. The van der Waals surface area contributed by atoms with Crippen molar-refractivity contribution in [3.05, 3.63) is 46.5 Å². The van der Waals surface area contributed by atoms with E-state index in [-0.39, 0.29) is 11.6 Å². The van der Waals surface area contributed by atoms with Gasteiger partial charge in [-0.15, -0.1) is 5.10 Å². The largest absolute Gasteiger partial charge is 0.475 e. The molecule has 0 fully saturated rings. The smallest absolute Gasteiger partial charge is 0.350 e. The number of allylic oxidation sites excluding steroid dienone is 1. The van der Waals surface area contributed by atoms with Crippen LogP contribution in [0, 0.1) is 10.1 Å². The molecule has 1 N–H and O–H groups in total. The van der Waals surface area contributed by atoms with Gasteiger partial charge in [0.15, 0.2) is 0 Å². The van der Waals surface area contributed by atoms with Crippen molar-refractivity contribution in [3.63, 3.8) is 0 Å². The summed E-state index contributed by atoms with van der Waals surface area (Å²) in [6.07, 6.45) is 7.30. The third kappa shape index (κ3) is 4.06. The third-order valence-corrected chi connectivity index (χ3v) is 2.99. The lowest BCUT2D eigenvalue weighted by Gasteiger charge is -2.08. The molecule has 0 saturated heterocycles. The lowest BCUT2D eigenvalue weighted by molar-refractivity contribution is -0.385. The fraction of sp³-hybridized carbons (Fsp3) is 0.214. The Labute approximate surface area is 136 Å². The Balaban J connectivity index is 1.95. The number of furan rings is 1. The minimum atomic E-state index is -0.807. The fourth-order valence-electron chi connectivity index (χ4n) is 1.72. The fourth-order valence-corrected chi connectivity index (χ4v) is 1.72. The predicted octanol–water partition coefficient (Wildman–Crippen LogP) is 1.77. The first kappa shape index (κ1) is 16.9. The third-order valence-electron chi connectivity index (χ3n) is 2.99. The topological polar surface area (TPSA) is 125 Å². The summed E-state index contributed by atoms with van der Waals surface area (Å²) in [5, 5.41) is 18.5. The zero-order valence-electron chi connectivity index (χ0n) is 12.9. The summed E-state index contributed by atoms with van der Waals surface area (Å²) in [4.78, 5) is 22.2. The molecule has 0 radical (unpaired) electrons. The van der Waals surface area contributed by atoms with Gasteiger partial charge in [-0.3, -0.25) is 14.9 Å². The summed E-state index contributed by atoms with van der Waals surface area (Å²) in [7, 11) is 1.26. The quantitative estimate of drug-likeness (QED) is 0.467. The molecule has 1 amide bonds. The van der Waals surface area contributed by atoms with Gasteiger partial charge in [-0.1, -0.05) is 0 Å². The Hall–Kier alpha value is -3.43. The van der Waals surface area contributed by atoms with Crippen molar-refractivity contribution in [2.75, 3.05) is 7.11 Å². The molecule has 0 unspecified atom stereocenters. The SMILES string of the molecule is COc1nn([C@@H](C)C(=O)NN=C/C=C\c2ccco2)cc1[N+](=O)[O-]. The van der Waals surface area contributed by atoms with Gasteiger partial charge in [0.1, 0.15) is 18.0 Å². The molecule has 2 aromatic rings. The molecule has 0 spiro atoms. The highest BCUT2D eigenvalue weighted by Gasteiger charge is 2.24. The molecule has 2 rings (SSSR count). The van der Waals surface area contributed by atoms with Gasteiger partial charge in [0, 0.05) is 6.21 Å². The summed E-state index contributed by atoms with van der Waals surface area (Å²) in [6.45, 7) is 1.53. The van der Waals surface area contributed by atoms with Crippen molar-refractivity contribution in [1.29, 1.82) is 0 Å². The Morgan fingerprint density at radius 3 is 3.00 bits per heavy atom. The molecule has 2 aromatic heterocycles. The van der Waals surface area contributed by atoms with E-state index in [4.69, 9.17) is 9.15 Å². The van der Waals surface area contributed by atoms with Crippen molar-refractivity contribution in [1.82, 2.24) is 15.2 Å². The zero-order valence-corrected chi connectivity index (χ0v) is 12.9. The van der Waals surface area contributed by atoms with Crippen LogP contribution in [-0.2, 0) is 4.79 Å². The number of nitrogens with one attached hydrogen (secondary N) is 1. The number of methoxy groups -OCH3 is 1. The van der Waals surface area contributed by atoms with E-state index in [1.807, 2.05) is 0 Å². The second kappa shape index (κ2) is 7.72.